The summed E-state index contributed by atoms with van der Waals surface area (Å²) < 4.78 is 0. The van der Waals surface area contributed by atoms with Gasteiger partial charge >= 0.3 is 0 Å². The molecule has 31 heavy (non-hydrogen) atoms. The van der Waals surface area contributed by atoms with E-state index in [-0.39, 0.29) is 17.7 Å². The molecule has 3 rings (SSSR count). The molecule has 1 fully saturated rings. The van der Waals surface area contributed by atoms with Crippen LogP contribution in [0.5, 0.6) is 0 Å². The van der Waals surface area contributed by atoms with Gasteiger partial charge in [0.2, 0.25) is 17.7 Å². The number of carbonyl (C=O) groups excluding carboxylic acids is 3. The van der Waals surface area contributed by atoms with E-state index in [9.17, 15) is 14.4 Å². The van der Waals surface area contributed by atoms with Crippen molar-refractivity contribution in [3.8, 4) is 0 Å². The summed E-state index contributed by atoms with van der Waals surface area (Å²) in [5.41, 5.74) is 3.37. The van der Waals surface area contributed by atoms with E-state index >= 15 is 0 Å². The molecular formula is C24H28N4O3. The quantitative estimate of drug-likeness (QED) is 0.644. The van der Waals surface area contributed by atoms with Gasteiger partial charge in [0.15, 0.2) is 0 Å². The number of nitrogens with zero attached hydrogens (tertiary/aromatic N) is 2. The third kappa shape index (κ3) is 6.79. The van der Waals surface area contributed by atoms with Crippen LogP contribution in [0.15, 0.2) is 54.6 Å². The average molecular weight is 421 g/mol. The maximum atomic E-state index is 12.2. The Morgan fingerprint density at radius 2 is 1.90 bits per heavy atom. The molecule has 7 nitrogen and oxygen atoms in total. The van der Waals surface area contributed by atoms with Crippen molar-refractivity contribution >= 4 is 35.2 Å². The van der Waals surface area contributed by atoms with E-state index in [4.69, 9.17) is 0 Å². The molecule has 0 aliphatic carbocycles. The van der Waals surface area contributed by atoms with Crippen molar-refractivity contribution in [3.05, 3.63) is 65.7 Å². The topological polar surface area (TPSA) is 81.8 Å². The Kier molecular flexibility index (Phi) is 7.56. The molecule has 7 heteroatoms. The fourth-order valence-electron chi connectivity index (χ4n) is 3.35. The second-order valence-corrected chi connectivity index (χ2v) is 7.78. The molecule has 2 aromatic rings. The molecule has 0 saturated carbocycles. The predicted octanol–water partition coefficient (Wildman–Crippen LogP) is 2.64. The summed E-state index contributed by atoms with van der Waals surface area (Å²) in [6, 6.07) is 15.0. The summed E-state index contributed by atoms with van der Waals surface area (Å²) in [6.45, 7) is 1.43. The maximum Gasteiger partial charge on any atom is 0.244 e. The number of anilines is 2. The van der Waals surface area contributed by atoms with E-state index < -0.39 is 0 Å². The summed E-state index contributed by atoms with van der Waals surface area (Å²) in [4.78, 5) is 39.4. The zero-order valence-electron chi connectivity index (χ0n) is 17.9. The zero-order valence-corrected chi connectivity index (χ0v) is 17.9. The average Bonchev–Trinajstić information content (AvgIpc) is 3.16. The number of hydrogen-bond acceptors (Lipinski definition) is 4. The normalized spacial score (nSPS) is 13.8. The lowest BCUT2D eigenvalue weighted by molar-refractivity contribution is -0.117. The molecule has 2 aromatic carbocycles. The molecule has 3 amide bonds. The van der Waals surface area contributed by atoms with E-state index in [2.05, 4.69) is 10.6 Å². The van der Waals surface area contributed by atoms with Crippen LogP contribution in [-0.2, 0) is 20.9 Å². The van der Waals surface area contributed by atoms with Crippen LogP contribution in [0.25, 0.3) is 6.08 Å². The van der Waals surface area contributed by atoms with Crippen LogP contribution in [0.2, 0.25) is 0 Å². The minimum absolute atomic E-state index is 0.0887. The number of carbonyl (C=O) groups is 3. The van der Waals surface area contributed by atoms with Crippen molar-refractivity contribution in [2.45, 2.75) is 19.4 Å². The van der Waals surface area contributed by atoms with Crippen LogP contribution in [-0.4, -0.2) is 49.8 Å². The Balaban J connectivity index is 1.49. The predicted molar refractivity (Wildman–Crippen MR) is 123 cm³/mol. The lowest BCUT2D eigenvalue weighted by Crippen LogP contribution is -2.27. The molecule has 0 unspecified atom stereocenters. The van der Waals surface area contributed by atoms with Gasteiger partial charge in [0, 0.05) is 37.0 Å². The second kappa shape index (κ2) is 10.5. The molecule has 1 heterocycles. The monoisotopic (exact) mass is 420 g/mol. The van der Waals surface area contributed by atoms with Crippen molar-refractivity contribution in [2.75, 3.05) is 37.4 Å². The van der Waals surface area contributed by atoms with Crippen LogP contribution >= 0.6 is 0 Å². The van der Waals surface area contributed by atoms with Crippen LogP contribution < -0.4 is 15.5 Å². The number of hydrogen-bond donors (Lipinski definition) is 2. The summed E-state index contributed by atoms with van der Waals surface area (Å²) >= 11 is 0. The molecule has 1 aliphatic rings. The Morgan fingerprint density at radius 1 is 1.13 bits per heavy atom. The number of likely N-dealkylation sites (N-methyl/N-ethyl adjacent to an activating group) is 1. The van der Waals surface area contributed by atoms with Gasteiger partial charge in [-0.25, -0.2) is 0 Å². The number of benzene rings is 2. The van der Waals surface area contributed by atoms with Gasteiger partial charge in [0.25, 0.3) is 0 Å². The first-order valence-electron chi connectivity index (χ1n) is 10.3. The molecule has 162 valence electrons. The highest BCUT2D eigenvalue weighted by Gasteiger charge is 2.21. The summed E-state index contributed by atoms with van der Waals surface area (Å²) in [6.07, 6.45) is 4.72. The first-order valence-corrected chi connectivity index (χ1v) is 10.3. The Hall–Kier alpha value is -3.45. The molecule has 2 N–H and O–H groups in total. The molecule has 1 saturated heterocycles. The summed E-state index contributed by atoms with van der Waals surface area (Å²) in [5, 5.41) is 5.69. The minimum Gasteiger partial charge on any atom is -0.348 e. The minimum atomic E-state index is -0.208. The lowest BCUT2D eigenvalue weighted by Gasteiger charge is -2.15. The Labute approximate surface area is 182 Å². The van der Waals surface area contributed by atoms with E-state index in [1.54, 1.807) is 15.9 Å². The standard InChI is InChI=1S/C24H28N4O3/c1-27(2)17-23(30)26-20-6-3-5-19(15-20)16-25-22(29)13-10-18-8-11-21(12-9-18)28-14-4-7-24(28)31/h3,5-6,8-13,15H,4,7,14,16-17H2,1-2H3,(H,25,29)(H,26,30). The molecule has 0 bridgehead atoms. The Morgan fingerprint density at radius 3 is 2.58 bits per heavy atom. The largest absolute Gasteiger partial charge is 0.348 e. The number of amides is 3. The third-order valence-electron chi connectivity index (χ3n) is 4.84. The van der Waals surface area contributed by atoms with Crippen LogP contribution in [0.1, 0.15) is 24.0 Å². The van der Waals surface area contributed by atoms with Crippen LogP contribution in [0, 0.1) is 0 Å². The van der Waals surface area contributed by atoms with E-state index in [1.165, 1.54) is 6.08 Å². The van der Waals surface area contributed by atoms with Gasteiger partial charge in [-0.1, -0.05) is 24.3 Å². The third-order valence-corrected chi connectivity index (χ3v) is 4.84. The first kappa shape index (κ1) is 22.2. The molecular weight excluding hydrogens is 392 g/mol. The Bertz CT molecular complexity index is 967. The van der Waals surface area contributed by atoms with Gasteiger partial charge in [0.1, 0.15) is 0 Å². The van der Waals surface area contributed by atoms with E-state index in [0.717, 1.165) is 29.8 Å². The van der Waals surface area contributed by atoms with Crippen LogP contribution in [0.4, 0.5) is 11.4 Å². The highest BCUT2D eigenvalue weighted by atomic mass is 16.2. The molecule has 0 spiro atoms. The molecule has 1 aliphatic heterocycles. The first-order chi connectivity index (χ1) is 14.9. The van der Waals surface area contributed by atoms with Gasteiger partial charge < -0.3 is 20.4 Å². The van der Waals surface area contributed by atoms with Gasteiger partial charge in [-0.05, 0) is 62.0 Å². The summed E-state index contributed by atoms with van der Waals surface area (Å²) in [5.74, 6) is -0.140. The van der Waals surface area contributed by atoms with E-state index in [1.807, 2.05) is 62.6 Å². The number of rotatable bonds is 8. The molecule has 0 radical (unpaired) electrons. The fraction of sp³-hybridized carbons (Fsp3) is 0.292. The fourth-order valence-corrected chi connectivity index (χ4v) is 3.35. The SMILES string of the molecule is CN(C)CC(=O)Nc1cccc(CNC(=O)C=Cc2ccc(N3CCCC3=O)cc2)c1. The highest BCUT2D eigenvalue weighted by molar-refractivity contribution is 5.95. The van der Waals surface area contributed by atoms with Crippen molar-refractivity contribution in [1.29, 1.82) is 0 Å². The number of nitrogens with one attached hydrogen (secondary N) is 2. The molecule has 0 atom stereocenters. The second-order valence-electron chi connectivity index (χ2n) is 7.78. The lowest BCUT2D eigenvalue weighted by atomic mass is 10.1. The maximum absolute atomic E-state index is 12.2. The smallest absolute Gasteiger partial charge is 0.244 e. The van der Waals surface area contributed by atoms with Crippen molar-refractivity contribution < 1.29 is 14.4 Å². The van der Waals surface area contributed by atoms with Gasteiger partial charge in [-0.3, -0.25) is 14.4 Å². The van der Waals surface area contributed by atoms with Crippen molar-refractivity contribution in [2.24, 2.45) is 0 Å². The van der Waals surface area contributed by atoms with Crippen molar-refractivity contribution in [1.82, 2.24) is 10.2 Å². The highest BCUT2D eigenvalue weighted by Crippen LogP contribution is 2.21. The summed E-state index contributed by atoms with van der Waals surface area (Å²) in [7, 11) is 3.67. The zero-order chi connectivity index (χ0) is 22.2. The molecule has 0 aromatic heterocycles. The van der Waals surface area contributed by atoms with E-state index in [0.29, 0.717) is 25.2 Å². The van der Waals surface area contributed by atoms with Gasteiger partial charge in [-0.15, -0.1) is 0 Å². The van der Waals surface area contributed by atoms with Gasteiger partial charge in [0.05, 0.1) is 6.54 Å². The van der Waals surface area contributed by atoms with Crippen molar-refractivity contribution in [3.63, 3.8) is 0 Å². The van der Waals surface area contributed by atoms with Crippen LogP contribution in [0.3, 0.4) is 0 Å². The van der Waals surface area contributed by atoms with Gasteiger partial charge in [-0.2, -0.15) is 0 Å².